The first-order valence-electron chi connectivity index (χ1n) is 10.8. The maximum absolute atomic E-state index is 12.7. The van der Waals surface area contributed by atoms with Gasteiger partial charge in [-0.3, -0.25) is 14.5 Å². The van der Waals surface area contributed by atoms with Crippen LogP contribution in [0.1, 0.15) is 54.7 Å². The number of nitrogens with zero attached hydrogens (tertiary/aromatic N) is 3. The molecule has 0 bridgehead atoms. The lowest BCUT2D eigenvalue weighted by molar-refractivity contribution is -0.130. The molecule has 2 aliphatic heterocycles. The Hall–Kier alpha value is -2.67. The van der Waals surface area contributed by atoms with Gasteiger partial charge in [-0.25, -0.2) is 4.98 Å². The highest BCUT2D eigenvalue weighted by molar-refractivity contribution is 5.76. The van der Waals surface area contributed by atoms with Crippen LogP contribution in [0.15, 0.2) is 29.1 Å². The standard InChI is InChI=1S/C23H30N4O3/c1-3-4-21(28)27-12-9-17(14-27)22-24-20-15-26(11-10-19(20)23(29)25-22)13-16-5-7-18(30-2)8-6-16/h5-8,17H,3-4,9-15H2,1-2H3,(H,24,25,29)/t17-/m0/s1. The van der Waals surface area contributed by atoms with Crippen LogP contribution in [0, 0.1) is 0 Å². The molecule has 0 unspecified atom stereocenters. The van der Waals surface area contributed by atoms with E-state index < -0.39 is 0 Å². The third-order valence-corrected chi connectivity index (χ3v) is 6.13. The number of aromatic nitrogens is 2. The fourth-order valence-corrected chi connectivity index (χ4v) is 4.41. The second kappa shape index (κ2) is 9.00. The largest absolute Gasteiger partial charge is 0.497 e. The summed E-state index contributed by atoms with van der Waals surface area (Å²) in [5, 5.41) is 0. The topological polar surface area (TPSA) is 78.5 Å². The average molecular weight is 411 g/mol. The summed E-state index contributed by atoms with van der Waals surface area (Å²) < 4.78 is 5.23. The van der Waals surface area contributed by atoms with Gasteiger partial charge in [-0.2, -0.15) is 0 Å². The van der Waals surface area contributed by atoms with E-state index in [0.29, 0.717) is 25.9 Å². The molecular formula is C23H30N4O3. The number of rotatable bonds is 6. The Morgan fingerprint density at radius 1 is 1.27 bits per heavy atom. The Morgan fingerprint density at radius 2 is 2.07 bits per heavy atom. The Bertz CT molecular complexity index is 954. The summed E-state index contributed by atoms with van der Waals surface area (Å²) in [6.07, 6.45) is 3.01. The van der Waals surface area contributed by atoms with Crippen molar-refractivity contribution in [2.24, 2.45) is 0 Å². The van der Waals surface area contributed by atoms with Gasteiger partial charge in [0.15, 0.2) is 0 Å². The number of carbonyl (C=O) groups excluding carboxylic acids is 1. The number of fused-ring (bicyclic) bond motifs is 1. The number of carbonyl (C=O) groups is 1. The van der Waals surface area contributed by atoms with E-state index in [2.05, 4.69) is 22.0 Å². The number of likely N-dealkylation sites (tertiary alicyclic amines) is 1. The van der Waals surface area contributed by atoms with Crippen LogP contribution >= 0.6 is 0 Å². The fraction of sp³-hybridized carbons (Fsp3) is 0.522. The lowest BCUT2D eigenvalue weighted by Crippen LogP contribution is -2.36. The molecule has 3 heterocycles. The maximum atomic E-state index is 12.7. The smallest absolute Gasteiger partial charge is 0.254 e. The Labute approximate surface area is 177 Å². The van der Waals surface area contributed by atoms with E-state index in [1.807, 2.05) is 24.0 Å². The van der Waals surface area contributed by atoms with Crippen LogP contribution in [0.2, 0.25) is 0 Å². The SMILES string of the molecule is CCCC(=O)N1CC[C@H](c2nc3c(c(=O)[nH]2)CCN(Cc2ccc(OC)cc2)C3)C1. The first-order chi connectivity index (χ1) is 14.6. The highest BCUT2D eigenvalue weighted by Crippen LogP contribution is 2.26. The number of hydrogen-bond acceptors (Lipinski definition) is 5. The van der Waals surface area contributed by atoms with Crippen molar-refractivity contribution in [3.63, 3.8) is 0 Å². The molecule has 30 heavy (non-hydrogen) atoms. The number of amides is 1. The minimum absolute atomic E-state index is 0.0163. The lowest BCUT2D eigenvalue weighted by atomic mass is 10.0. The second-order valence-electron chi connectivity index (χ2n) is 8.26. The number of ether oxygens (including phenoxy) is 1. The number of nitrogens with one attached hydrogen (secondary N) is 1. The molecule has 1 aromatic carbocycles. The second-order valence-corrected chi connectivity index (χ2v) is 8.26. The van der Waals surface area contributed by atoms with Gasteiger partial charge in [0.25, 0.3) is 5.56 Å². The van der Waals surface area contributed by atoms with Crippen molar-refractivity contribution in [1.29, 1.82) is 0 Å². The molecule has 1 atom stereocenters. The third kappa shape index (κ3) is 4.41. The van der Waals surface area contributed by atoms with Gasteiger partial charge in [0.2, 0.25) is 5.91 Å². The molecular weight excluding hydrogens is 380 g/mol. The van der Waals surface area contributed by atoms with Gasteiger partial charge in [0, 0.05) is 50.6 Å². The van der Waals surface area contributed by atoms with Crippen molar-refractivity contribution in [3.8, 4) is 5.75 Å². The van der Waals surface area contributed by atoms with Crippen LogP contribution < -0.4 is 10.3 Å². The molecule has 160 valence electrons. The van der Waals surface area contributed by atoms with Crippen molar-refractivity contribution >= 4 is 5.91 Å². The number of methoxy groups -OCH3 is 1. The molecule has 1 fully saturated rings. The highest BCUT2D eigenvalue weighted by Gasteiger charge is 2.30. The minimum atomic E-state index is -0.0163. The van der Waals surface area contributed by atoms with E-state index in [4.69, 9.17) is 9.72 Å². The number of benzene rings is 1. The van der Waals surface area contributed by atoms with Gasteiger partial charge in [-0.1, -0.05) is 19.1 Å². The Balaban J connectivity index is 1.46. The van der Waals surface area contributed by atoms with Crippen LogP contribution in [-0.2, 0) is 24.3 Å². The van der Waals surface area contributed by atoms with Crippen LogP contribution in [0.25, 0.3) is 0 Å². The Kier molecular flexibility index (Phi) is 6.18. The summed E-state index contributed by atoms with van der Waals surface area (Å²) in [5.41, 5.74) is 2.89. The zero-order valence-corrected chi connectivity index (χ0v) is 17.8. The molecule has 2 aromatic rings. The van der Waals surface area contributed by atoms with E-state index >= 15 is 0 Å². The van der Waals surface area contributed by atoms with Gasteiger partial charge < -0.3 is 14.6 Å². The molecule has 1 saturated heterocycles. The molecule has 0 aliphatic carbocycles. The number of H-pyrrole nitrogens is 1. The van der Waals surface area contributed by atoms with Crippen molar-refractivity contribution in [1.82, 2.24) is 19.8 Å². The molecule has 1 aromatic heterocycles. The molecule has 1 N–H and O–H groups in total. The zero-order chi connectivity index (χ0) is 21.1. The summed E-state index contributed by atoms with van der Waals surface area (Å²) in [7, 11) is 1.67. The van der Waals surface area contributed by atoms with Crippen molar-refractivity contribution in [2.75, 3.05) is 26.7 Å². The highest BCUT2D eigenvalue weighted by atomic mass is 16.5. The first kappa shape index (κ1) is 20.6. The maximum Gasteiger partial charge on any atom is 0.254 e. The predicted molar refractivity (Wildman–Crippen MR) is 115 cm³/mol. The molecule has 1 amide bonds. The van der Waals surface area contributed by atoms with Crippen molar-refractivity contribution in [2.45, 2.75) is 51.6 Å². The molecule has 0 spiro atoms. The van der Waals surface area contributed by atoms with Crippen LogP contribution in [0.3, 0.4) is 0 Å². The predicted octanol–water partition coefficient (Wildman–Crippen LogP) is 2.45. The zero-order valence-electron chi connectivity index (χ0n) is 17.8. The monoisotopic (exact) mass is 410 g/mol. The summed E-state index contributed by atoms with van der Waals surface area (Å²) >= 11 is 0. The van der Waals surface area contributed by atoms with Crippen molar-refractivity contribution in [3.05, 3.63) is 57.3 Å². The molecule has 7 nitrogen and oxygen atoms in total. The molecule has 7 heteroatoms. The summed E-state index contributed by atoms with van der Waals surface area (Å²) in [6, 6.07) is 8.09. The van der Waals surface area contributed by atoms with E-state index in [9.17, 15) is 9.59 Å². The summed E-state index contributed by atoms with van der Waals surface area (Å²) in [6.45, 7) is 5.74. The van der Waals surface area contributed by atoms with Crippen LogP contribution in [0.5, 0.6) is 5.75 Å². The van der Waals surface area contributed by atoms with Gasteiger partial charge in [0.05, 0.1) is 12.8 Å². The first-order valence-corrected chi connectivity index (χ1v) is 10.8. The van der Waals surface area contributed by atoms with Gasteiger partial charge in [-0.05, 0) is 37.0 Å². The van der Waals surface area contributed by atoms with Gasteiger partial charge in [0.1, 0.15) is 11.6 Å². The average Bonchev–Trinajstić information content (AvgIpc) is 3.25. The normalized spacial score (nSPS) is 19.0. The van der Waals surface area contributed by atoms with E-state index in [-0.39, 0.29) is 17.4 Å². The lowest BCUT2D eigenvalue weighted by Gasteiger charge is -2.28. The van der Waals surface area contributed by atoms with E-state index in [1.54, 1.807) is 7.11 Å². The third-order valence-electron chi connectivity index (χ3n) is 6.13. The quantitative estimate of drug-likeness (QED) is 0.791. The van der Waals surface area contributed by atoms with Crippen LogP contribution in [-0.4, -0.2) is 52.4 Å². The van der Waals surface area contributed by atoms with Crippen molar-refractivity contribution < 1.29 is 9.53 Å². The fourth-order valence-electron chi connectivity index (χ4n) is 4.41. The molecule has 2 aliphatic rings. The number of hydrogen-bond donors (Lipinski definition) is 1. The molecule has 4 rings (SSSR count). The van der Waals surface area contributed by atoms with Crippen LogP contribution in [0.4, 0.5) is 0 Å². The molecule has 0 radical (unpaired) electrons. The van der Waals surface area contributed by atoms with Gasteiger partial charge in [-0.15, -0.1) is 0 Å². The van der Waals surface area contributed by atoms with Gasteiger partial charge >= 0.3 is 0 Å². The number of aromatic amines is 1. The van der Waals surface area contributed by atoms with E-state index in [0.717, 1.165) is 55.3 Å². The van der Waals surface area contributed by atoms with E-state index in [1.165, 1.54) is 5.56 Å². The molecule has 0 saturated carbocycles. The summed E-state index contributed by atoms with van der Waals surface area (Å²) in [5.74, 6) is 1.90. The summed E-state index contributed by atoms with van der Waals surface area (Å²) in [4.78, 5) is 37.0. The Morgan fingerprint density at radius 3 is 2.80 bits per heavy atom. The minimum Gasteiger partial charge on any atom is -0.497 e.